The first-order valence-electron chi connectivity index (χ1n) is 4.25. The fourth-order valence-electron chi connectivity index (χ4n) is 0.912. The Balaban J connectivity index is 2.72. The Morgan fingerprint density at radius 1 is 1.64 bits per heavy atom. The van der Waals surface area contributed by atoms with Crippen LogP contribution in [-0.2, 0) is 6.54 Å². The molecule has 0 radical (unpaired) electrons. The zero-order valence-electron chi connectivity index (χ0n) is 7.97. The summed E-state index contributed by atoms with van der Waals surface area (Å²) in [6.07, 6.45) is 0.916. The van der Waals surface area contributed by atoms with Crippen molar-refractivity contribution in [3.8, 4) is 0 Å². The van der Waals surface area contributed by atoms with E-state index in [9.17, 15) is 10.1 Å². The van der Waals surface area contributed by atoms with Gasteiger partial charge in [0.2, 0.25) is 0 Å². The number of aromatic nitrogens is 3. The molecule has 0 saturated heterocycles. The summed E-state index contributed by atoms with van der Waals surface area (Å²) in [5.74, 6) is 0.172. The van der Waals surface area contributed by atoms with Gasteiger partial charge in [0.1, 0.15) is 0 Å². The lowest BCUT2D eigenvalue weighted by Crippen LogP contribution is -2.04. The first kappa shape index (κ1) is 11.1. The van der Waals surface area contributed by atoms with E-state index in [-0.39, 0.29) is 5.95 Å². The molecule has 0 aliphatic heterocycles. The Hall–Kier alpha value is -0.980. The number of nitrogens with zero attached hydrogens (tertiary/aromatic N) is 4. The van der Waals surface area contributed by atoms with Crippen molar-refractivity contribution in [1.29, 1.82) is 0 Å². The van der Waals surface area contributed by atoms with Crippen molar-refractivity contribution < 1.29 is 4.92 Å². The highest BCUT2D eigenvalue weighted by Crippen LogP contribution is 2.13. The van der Waals surface area contributed by atoms with E-state index in [1.54, 1.807) is 0 Å². The van der Waals surface area contributed by atoms with Crippen molar-refractivity contribution in [3.05, 3.63) is 14.8 Å². The summed E-state index contributed by atoms with van der Waals surface area (Å²) >= 11 is 3.12. The molecule has 6 nitrogen and oxygen atoms in total. The molecule has 0 aromatic carbocycles. The minimum absolute atomic E-state index is 0.361. The van der Waals surface area contributed by atoms with Gasteiger partial charge in [-0.2, -0.15) is 4.68 Å². The molecular weight excluding hydrogens is 252 g/mol. The van der Waals surface area contributed by atoms with Gasteiger partial charge in [-0.05, 0) is 22.2 Å². The summed E-state index contributed by atoms with van der Waals surface area (Å²) in [4.78, 5) is 13.4. The van der Waals surface area contributed by atoms with E-state index in [4.69, 9.17) is 0 Å². The quantitative estimate of drug-likeness (QED) is 0.615. The second-order valence-corrected chi connectivity index (χ2v) is 4.05. The van der Waals surface area contributed by atoms with Crippen molar-refractivity contribution in [3.63, 3.8) is 0 Å². The number of aryl methyl sites for hydroxylation is 1. The highest BCUT2D eigenvalue weighted by Gasteiger charge is 2.18. The van der Waals surface area contributed by atoms with Crippen molar-refractivity contribution >= 4 is 21.9 Å². The number of hydrogen-bond donors (Lipinski definition) is 0. The van der Waals surface area contributed by atoms with Crippen LogP contribution in [0.25, 0.3) is 0 Å². The minimum Gasteiger partial charge on any atom is -0.390 e. The van der Waals surface area contributed by atoms with Gasteiger partial charge in [0.25, 0.3) is 4.73 Å². The third-order valence-electron chi connectivity index (χ3n) is 1.70. The van der Waals surface area contributed by atoms with E-state index in [0.717, 1.165) is 6.42 Å². The summed E-state index contributed by atoms with van der Waals surface area (Å²) in [5.41, 5.74) is 0. The smallest absolute Gasteiger partial charge is 0.390 e. The number of hydrogen-bond acceptors (Lipinski definition) is 4. The van der Waals surface area contributed by atoms with E-state index < -0.39 is 4.92 Å². The van der Waals surface area contributed by atoms with Crippen LogP contribution in [0, 0.1) is 16.0 Å². The van der Waals surface area contributed by atoms with Crippen LogP contribution in [0.15, 0.2) is 4.73 Å². The summed E-state index contributed by atoms with van der Waals surface area (Å²) < 4.78 is 1.91. The van der Waals surface area contributed by atoms with Gasteiger partial charge in [-0.15, -0.1) is 0 Å². The van der Waals surface area contributed by atoms with Crippen LogP contribution < -0.4 is 0 Å². The predicted octanol–water partition coefficient (Wildman–Crippen LogP) is 1.99. The van der Waals surface area contributed by atoms with Crippen molar-refractivity contribution in [2.24, 2.45) is 5.92 Å². The predicted molar refractivity (Wildman–Crippen MR) is 53.8 cm³/mol. The van der Waals surface area contributed by atoms with E-state index in [2.05, 4.69) is 39.9 Å². The highest BCUT2D eigenvalue weighted by molar-refractivity contribution is 9.10. The van der Waals surface area contributed by atoms with E-state index in [1.807, 2.05) is 0 Å². The molecule has 0 N–H and O–H groups in total. The van der Waals surface area contributed by atoms with Crippen LogP contribution in [0.2, 0.25) is 0 Å². The molecule has 1 rings (SSSR count). The average molecular weight is 263 g/mol. The molecule has 78 valence electrons. The van der Waals surface area contributed by atoms with Gasteiger partial charge in [-0.25, -0.2) is 0 Å². The van der Waals surface area contributed by atoms with Gasteiger partial charge in [-0.1, -0.05) is 13.8 Å². The highest BCUT2D eigenvalue weighted by atomic mass is 79.9. The van der Waals surface area contributed by atoms with Gasteiger partial charge in [0, 0.05) is 21.0 Å². The Kier molecular flexibility index (Phi) is 3.56. The molecule has 0 atom stereocenters. The van der Waals surface area contributed by atoms with Gasteiger partial charge in [0.05, 0.1) is 6.54 Å². The van der Waals surface area contributed by atoms with Gasteiger partial charge < -0.3 is 10.1 Å². The van der Waals surface area contributed by atoms with Crippen LogP contribution in [-0.4, -0.2) is 19.7 Å². The molecule has 14 heavy (non-hydrogen) atoms. The minimum atomic E-state index is -0.601. The lowest BCUT2D eigenvalue weighted by Gasteiger charge is -2.01. The largest absolute Gasteiger partial charge is 0.492 e. The van der Waals surface area contributed by atoms with E-state index in [1.165, 1.54) is 4.68 Å². The lowest BCUT2D eigenvalue weighted by atomic mass is 10.1. The maximum atomic E-state index is 10.4. The maximum absolute atomic E-state index is 10.4. The molecule has 0 aliphatic carbocycles. The summed E-state index contributed by atoms with van der Waals surface area (Å²) in [6.45, 7) is 4.80. The lowest BCUT2D eigenvalue weighted by molar-refractivity contribution is -0.394. The van der Waals surface area contributed by atoms with Crippen LogP contribution in [0.3, 0.4) is 0 Å². The summed E-state index contributed by atoms with van der Waals surface area (Å²) in [7, 11) is 0. The van der Waals surface area contributed by atoms with Gasteiger partial charge in [-0.3, -0.25) is 0 Å². The second kappa shape index (κ2) is 4.50. The molecule has 0 saturated carbocycles. The summed E-state index contributed by atoms with van der Waals surface area (Å²) in [5, 5.41) is 14.1. The van der Waals surface area contributed by atoms with Crippen LogP contribution >= 0.6 is 15.9 Å². The molecule has 0 unspecified atom stereocenters. The van der Waals surface area contributed by atoms with Crippen LogP contribution in [0.1, 0.15) is 20.3 Å². The van der Waals surface area contributed by atoms with E-state index >= 15 is 0 Å². The third kappa shape index (κ3) is 2.76. The molecule has 0 bridgehead atoms. The monoisotopic (exact) mass is 262 g/mol. The fraction of sp³-hybridized carbons (Fsp3) is 0.714. The Bertz CT molecular complexity index is 336. The molecule has 7 heteroatoms. The molecule has 1 aromatic rings. The normalized spacial score (nSPS) is 10.9. The van der Waals surface area contributed by atoms with Crippen molar-refractivity contribution in [2.45, 2.75) is 26.8 Å². The molecule has 0 fully saturated rings. The standard InChI is InChI=1S/C7H11BrN4O2/c1-5(2)3-4-11-6(8)9-7(10-11)12(13)14/h5H,3-4H2,1-2H3. The van der Waals surface area contributed by atoms with Gasteiger partial charge >= 0.3 is 5.95 Å². The SMILES string of the molecule is CC(C)CCn1nc([N+](=O)[O-])nc1Br. The number of rotatable bonds is 4. The zero-order chi connectivity index (χ0) is 10.7. The number of halogens is 1. The van der Waals surface area contributed by atoms with Gasteiger partial charge in [0.15, 0.2) is 0 Å². The Morgan fingerprint density at radius 3 is 2.71 bits per heavy atom. The summed E-state index contributed by atoms with van der Waals surface area (Å²) in [6, 6.07) is 0. The molecule has 1 aromatic heterocycles. The van der Waals surface area contributed by atoms with Crippen molar-refractivity contribution in [2.75, 3.05) is 0 Å². The zero-order valence-corrected chi connectivity index (χ0v) is 9.56. The van der Waals surface area contributed by atoms with E-state index in [0.29, 0.717) is 17.2 Å². The Labute approximate surface area is 89.6 Å². The van der Waals surface area contributed by atoms with Crippen LogP contribution in [0.5, 0.6) is 0 Å². The van der Waals surface area contributed by atoms with Crippen LogP contribution in [0.4, 0.5) is 5.95 Å². The third-order valence-corrected chi connectivity index (χ3v) is 2.28. The molecule has 0 aliphatic rings. The first-order chi connectivity index (χ1) is 6.50. The molecule has 0 amide bonds. The maximum Gasteiger partial charge on any atom is 0.492 e. The molecule has 1 heterocycles. The second-order valence-electron chi connectivity index (χ2n) is 3.34. The Morgan fingerprint density at radius 2 is 2.29 bits per heavy atom. The number of nitro groups is 1. The molecular formula is C7H11BrN4O2. The molecule has 0 spiro atoms. The van der Waals surface area contributed by atoms with Crippen molar-refractivity contribution in [1.82, 2.24) is 14.8 Å². The fourth-order valence-corrected chi connectivity index (χ4v) is 1.33. The first-order valence-corrected chi connectivity index (χ1v) is 5.04. The topological polar surface area (TPSA) is 73.8 Å². The average Bonchev–Trinajstić information content (AvgIpc) is 2.43.